The van der Waals surface area contributed by atoms with Gasteiger partial charge in [-0.05, 0) is 50.6 Å². The Balaban J connectivity index is 1.77. The minimum Gasteiger partial charge on any atom is -0.375 e. The van der Waals surface area contributed by atoms with Crippen LogP contribution in [0.25, 0.3) is 10.2 Å². The van der Waals surface area contributed by atoms with Crippen LogP contribution in [0.2, 0.25) is 0 Å². The molecule has 0 aliphatic carbocycles. The number of nitrogens with one attached hydrogen (secondary N) is 3. The number of amides is 1. The summed E-state index contributed by atoms with van der Waals surface area (Å²) in [6.45, 7) is 9.61. The van der Waals surface area contributed by atoms with Crippen molar-refractivity contribution in [3.63, 3.8) is 0 Å². The summed E-state index contributed by atoms with van der Waals surface area (Å²) in [5.41, 5.74) is 2.53. The third-order valence-corrected chi connectivity index (χ3v) is 5.63. The summed E-state index contributed by atoms with van der Waals surface area (Å²) in [7, 11) is 0. The number of benzene rings is 1. The molecule has 0 unspecified atom stereocenters. The number of thiophene rings is 1. The molecule has 7 heteroatoms. The Morgan fingerprint density at radius 1 is 1.11 bits per heavy atom. The van der Waals surface area contributed by atoms with E-state index in [0.29, 0.717) is 11.2 Å². The Labute approximate surface area is 162 Å². The van der Waals surface area contributed by atoms with E-state index in [2.05, 4.69) is 20.6 Å². The highest BCUT2D eigenvalue weighted by atomic mass is 32.1. The molecule has 0 bridgehead atoms. The van der Waals surface area contributed by atoms with Gasteiger partial charge in [-0.15, -0.1) is 11.3 Å². The number of carbonyl (C=O) groups is 1. The van der Waals surface area contributed by atoms with Gasteiger partial charge >= 0.3 is 0 Å². The standard InChI is InChI=1S/C20H24N4O2S/c1-10(2)18(25)22-15-8-6-14(7-9-15)21-12(4)17-23-19(26)16-11(3)13(5)27-20(16)24-17/h6-10,12,21H,1-5H3,(H,22,25)(H,23,24,26)/t12-/m0/s1. The van der Waals surface area contributed by atoms with Crippen LogP contribution in [0.4, 0.5) is 11.4 Å². The van der Waals surface area contributed by atoms with Crippen LogP contribution in [-0.4, -0.2) is 15.9 Å². The van der Waals surface area contributed by atoms with E-state index in [1.54, 1.807) is 11.3 Å². The SMILES string of the molecule is Cc1sc2nc([C@H](C)Nc3ccc(NC(=O)C(C)C)cc3)[nH]c(=O)c2c1C. The van der Waals surface area contributed by atoms with E-state index in [-0.39, 0.29) is 23.4 Å². The Morgan fingerprint density at radius 2 is 1.74 bits per heavy atom. The Hall–Kier alpha value is -2.67. The number of carbonyl (C=O) groups excluding carboxylic acids is 1. The second-order valence-electron chi connectivity index (χ2n) is 7.00. The summed E-state index contributed by atoms with van der Waals surface area (Å²) < 4.78 is 0. The first kappa shape index (κ1) is 19.1. The highest BCUT2D eigenvalue weighted by molar-refractivity contribution is 7.18. The number of hydrogen-bond acceptors (Lipinski definition) is 5. The molecule has 0 aliphatic rings. The molecular formula is C20H24N4O2S. The van der Waals surface area contributed by atoms with Crippen LogP contribution in [0.5, 0.6) is 0 Å². The van der Waals surface area contributed by atoms with Crippen LogP contribution in [0, 0.1) is 19.8 Å². The second kappa shape index (κ2) is 7.52. The van der Waals surface area contributed by atoms with Crippen molar-refractivity contribution in [3.05, 3.63) is 50.9 Å². The molecular weight excluding hydrogens is 360 g/mol. The summed E-state index contributed by atoms with van der Waals surface area (Å²) >= 11 is 1.54. The lowest BCUT2D eigenvalue weighted by molar-refractivity contribution is -0.118. The molecule has 3 rings (SSSR count). The van der Waals surface area contributed by atoms with Gasteiger partial charge in [0.2, 0.25) is 5.91 Å². The quantitative estimate of drug-likeness (QED) is 0.610. The topological polar surface area (TPSA) is 86.9 Å². The summed E-state index contributed by atoms with van der Waals surface area (Å²) in [4.78, 5) is 33.6. The molecule has 0 spiro atoms. The molecule has 27 heavy (non-hydrogen) atoms. The number of rotatable bonds is 5. The molecule has 1 amide bonds. The number of anilines is 2. The van der Waals surface area contributed by atoms with Crippen LogP contribution in [-0.2, 0) is 4.79 Å². The van der Waals surface area contributed by atoms with Crippen LogP contribution >= 0.6 is 11.3 Å². The molecule has 0 radical (unpaired) electrons. The van der Waals surface area contributed by atoms with Crippen molar-refractivity contribution >= 4 is 38.8 Å². The first-order chi connectivity index (χ1) is 12.8. The monoisotopic (exact) mass is 384 g/mol. The lowest BCUT2D eigenvalue weighted by atomic mass is 10.2. The number of aryl methyl sites for hydroxylation is 2. The van der Waals surface area contributed by atoms with Crippen molar-refractivity contribution in [2.45, 2.75) is 40.7 Å². The van der Waals surface area contributed by atoms with Gasteiger partial charge in [0.25, 0.3) is 5.56 Å². The van der Waals surface area contributed by atoms with Crippen LogP contribution in [0.3, 0.4) is 0 Å². The third kappa shape index (κ3) is 4.03. The third-order valence-electron chi connectivity index (χ3n) is 4.53. The molecule has 2 aromatic heterocycles. The van der Waals surface area contributed by atoms with Crippen molar-refractivity contribution in [2.75, 3.05) is 10.6 Å². The lowest BCUT2D eigenvalue weighted by Gasteiger charge is -2.15. The highest BCUT2D eigenvalue weighted by Gasteiger charge is 2.15. The minimum atomic E-state index is -0.166. The van der Waals surface area contributed by atoms with E-state index in [9.17, 15) is 9.59 Å². The zero-order valence-electron chi connectivity index (χ0n) is 16.1. The summed E-state index contributed by atoms with van der Waals surface area (Å²) in [6.07, 6.45) is 0. The molecule has 6 nitrogen and oxygen atoms in total. The fraction of sp³-hybridized carbons (Fsp3) is 0.350. The molecule has 0 saturated carbocycles. The highest BCUT2D eigenvalue weighted by Crippen LogP contribution is 2.27. The van der Waals surface area contributed by atoms with E-state index in [1.165, 1.54) is 0 Å². The molecule has 142 valence electrons. The van der Waals surface area contributed by atoms with Gasteiger partial charge in [-0.2, -0.15) is 0 Å². The Kier molecular flexibility index (Phi) is 5.32. The Bertz CT molecular complexity index is 1030. The molecule has 0 aliphatic heterocycles. The largest absolute Gasteiger partial charge is 0.375 e. The maximum absolute atomic E-state index is 12.4. The van der Waals surface area contributed by atoms with Gasteiger partial charge in [0.05, 0.1) is 11.4 Å². The predicted molar refractivity (Wildman–Crippen MR) is 112 cm³/mol. The number of aromatic nitrogens is 2. The average Bonchev–Trinajstić information content (AvgIpc) is 2.91. The predicted octanol–water partition coefficient (Wildman–Crippen LogP) is 4.37. The van der Waals surface area contributed by atoms with Crippen molar-refractivity contribution in [1.29, 1.82) is 0 Å². The zero-order valence-corrected chi connectivity index (χ0v) is 17.0. The number of H-pyrrole nitrogens is 1. The normalized spacial score (nSPS) is 12.4. The molecule has 0 fully saturated rings. The molecule has 3 N–H and O–H groups in total. The van der Waals surface area contributed by atoms with Gasteiger partial charge in [0.15, 0.2) is 0 Å². The minimum absolute atomic E-state index is 0.0133. The van der Waals surface area contributed by atoms with Crippen LogP contribution < -0.4 is 16.2 Å². The van der Waals surface area contributed by atoms with Gasteiger partial charge in [0, 0.05) is 22.2 Å². The van der Waals surface area contributed by atoms with Gasteiger partial charge < -0.3 is 15.6 Å². The lowest BCUT2D eigenvalue weighted by Crippen LogP contribution is -2.18. The number of hydrogen-bond donors (Lipinski definition) is 3. The second-order valence-corrected chi connectivity index (χ2v) is 8.21. The van der Waals surface area contributed by atoms with E-state index in [0.717, 1.165) is 26.6 Å². The number of fused-ring (bicyclic) bond motifs is 1. The fourth-order valence-electron chi connectivity index (χ4n) is 2.73. The maximum atomic E-state index is 12.4. The first-order valence-electron chi connectivity index (χ1n) is 8.93. The van der Waals surface area contributed by atoms with E-state index < -0.39 is 0 Å². The zero-order chi connectivity index (χ0) is 19.7. The van der Waals surface area contributed by atoms with Crippen LogP contribution in [0.1, 0.15) is 43.1 Å². The van der Waals surface area contributed by atoms with Crippen molar-refractivity contribution in [2.24, 2.45) is 5.92 Å². The summed E-state index contributed by atoms with van der Waals surface area (Å²) in [6, 6.07) is 7.31. The average molecular weight is 385 g/mol. The van der Waals surface area contributed by atoms with Crippen LogP contribution in [0.15, 0.2) is 29.1 Å². The fourth-order valence-corrected chi connectivity index (χ4v) is 3.77. The number of aromatic amines is 1. The molecule has 0 saturated heterocycles. The van der Waals surface area contributed by atoms with Gasteiger partial charge in [-0.25, -0.2) is 4.98 Å². The van der Waals surface area contributed by atoms with Crippen molar-refractivity contribution in [3.8, 4) is 0 Å². The maximum Gasteiger partial charge on any atom is 0.259 e. The van der Waals surface area contributed by atoms with E-state index >= 15 is 0 Å². The van der Waals surface area contributed by atoms with E-state index in [1.807, 2.05) is 58.9 Å². The first-order valence-corrected chi connectivity index (χ1v) is 9.75. The molecule has 1 aromatic carbocycles. The van der Waals surface area contributed by atoms with Crippen molar-refractivity contribution < 1.29 is 4.79 Å². The Morgan fingerprint density at radius 3 is 2.37 bits per heavy atom. The van der Waals surface area contributed by atoms with Gasteiger partial charge in [0.1, 0.15) is 10.7 Å². The molecule has 3 aromatic rings. The smallest absolute Gasteiger partial charge is 0.259 e. The van der Waals surface area contributed by atoms with Crippen molar-refractivity contribution in [1.82, 2.24) is 9.97 Å². The van der Waals surface area contributed by atoms with E-state index in [4.69, 9.17) is 0 Å². The summed E-state index contributed by atoms with van der Waals surface area (Å²) in [5.74, 6) is 0.525. The van der Waals surface area contributed by atoms with Gasteiger partial charge in [-0.1, -0.05) is 13.8 Å². The molecule has 2 heterocycles. The summed E-state index contributed by atoms with van der Waals surface area (Å²) in [5, 5.41) is 6.88. The number of nitrogens with zero attached hydrogens (tertiary/aromatic N) is 1. The van der Waals surface area contributed by atoms with Gasteiger partial charge in [-0.3, -0.25) is 9.59 Å². The molecule has 1 atom stereocenters.